The summed E-state index contributed by atoms with van der Waals surface area (Å²) in [6.45, 7) is 3.65. The molecule has 0 atom stereocenters. The lowest BCUT2D eigenvalue weighted by atomic mass is 10.3. The van der Waals surface area contributed by atoms with Gasteiger partial charge in [0.1, 0.15) is 10.1 Å². The number of carbonyl (C=O) groups excluding carboxylic acids is 2. The number of hydrogen-bond acceptors (Lipinski definition) is 6. The van der Waals surface area contributed by atoms with E-state index in [4.69, 9.17) is 0 Å². The van der Waals surface area contributed by atoms with Crippen LogP contribution in [0.3, 0.4) is 0 Å². The quantitative estimate of drug-likeness (QED) is 0.765. The SMILES string of the molecule is CC(C)N1C(=O)C(Sc2ccccn2)=C(Sc2ccccn2)C1=O. The van der Waals surface area contributed by atoms with Gasteiger partial charge in [-0.25, -0.2) is 9.97 Å². The number of hydrogen-bond donors (Lipinski definition) is 0. The second kappa shape index (κ2) is 7.19. The molecule has 2 aromatic rings. The maximum atomic E-state index is 12.7. The standard InChI is InChI=1S/C17H15N3O2S2/c1-11(2)20-16(21)14(23-12-7-3-5-9-18-12)15(17(20)22)24-13-8-4-6-10-19-13/h3-11H,1-2H3. The van der Waals surface area contributed by atoms with Crippen LogP contribution in [0.15, 0.2) is 68.7 Å². The van der Waals surface area contributed by atoms with Gasteiger partial charge in [-0.05, 0) is 38.1 Å². The molecule has 24 heavy (non-hydrogen) atoms. The monoisotopic (exact) mass is 357 g/mol. The van der Waals surface area contributed by atoms with E-state index in [0.717, 1.165) is 0 Å². The molecule has 0 bridgehead atoms. The average Bonchev–Trinajstić information content (AvgIpc) is 2.81. The minimum Gasteiger partial charge on any atom is -0.271 e. The first-order valence-corrected chi connectivity index (χ1v) is 9.01. The van der Waals surface area contributed by atoms with E-state index < -0.39 is 0 Å². The van der Waals surface area contributed by atoms with E-state index in [2.05, 4.69) is 9.97 Å². The molecular formula is C17H15N3O2S2. The maximum Gasteiger partial charge on any atom is 0.269 e. The zero-order valence-electron chi connectivity index (χ0n) is 13.2. The molecule has 2 aromatic heterocycles. The summed E-state index contributed by atoms with van der Waals surface area (Å²) in [4.78, 5) is 36.0. The minimum absolute atomic E-state index is 0.203. The summed E-state index contributed by atoms with van der Waals surface area (Å²) in [5.41, 5.74) is 0. The summed E-state index contributed by atoms with van der Waals surface area (Å²) in [7, 11) is 0. The highest BCUT2D eigenvalue weighted by atomic mass is 32.2. The van der Waals surface area contributed by atoms with Gasteiger partial charge >= 0.3 is 0 Å². The number of rotatable bonds is 5. The maximum absolute atomic E-state index is 12.7. The minimum atomic E-state index is -0.274. The smallest absolute Gasteiger partial charge is 0.269 e. The van der Waals surface area contributed by atoms with Crippen LogP contribution in [0.4, 0.5) is 0 Å². The van der Waals surface area contributed by atoms with Crippen molar-refractivity contribution in [3.8, 4) is 0 Å². The third-order valence-corrected chi connectivity index (χ3v) is 5.43. The van der Waals surface area contributed by atoms with Gasteiger partial charge in [0.25, 0.3) is 11.8 Å². The molecule has 0 spiro atoms. The van der Waals surface area contributed by atoms with Crippen molar-refractivity contribution >= 4 is 35.3 Å². The van der Waals surface area contributed by atoms with Crippen molar-refractivity contribution in [1.82, 2.24) is 14.9 Å². The molecule has 122 valence electrons. The summed E-state index contributed by atoms with van der Waals surface area (Å²) in [5.74, 6) is -0.548. The molecule has 0 saturated carbocycles. The predicted molar refractivity (Wildman–Crippen MR) is 94.2 cm³/mol. The molecule has 0 fully saturated rings. The Morgan fingerprint density at radius 3 is 1.62 bits per heavy atom. The van der Waals surface area contributed by atoms with Gasteiger partial charge in [0.05, 0.1) is 9.81 Å². The van der Waals surface area contributed by atoms with Gasteiger partial charge in [-0.15, -0.1) is 0 Å². The molecule has 0 saturated heterocycles. The largest absolute Gasteiger partial charge is 0.271 e. The molecule has 0 unspecified atom stereocenters. The van der Waals surface area contributed by atoms with E-state index in [9.17, 15) is 9.59 Å². The topological polar surface area (TPSA) is 63.2 Å². The van der Waals surface area contributed by atoms with E-state index >= 15 is 0 Å². The lowest BCUT2D eigenvalue weighted by Gasteiger charge is -2.18. The molecule has 2 amide bonds. The number of thioether (sulfide) groups is 2. The van der Waals surface area contributed by atoms with Crippen molar-refractivity contribution in [2.45, 2.75) is 29.9 Å². The van der Waals surface area contributed by atoms with Gasteiger partial charge in [-0.1, -0.05) is 35.7 Å². The van der Waals surface area contributed by atoms with Crippen LogP contribution in [0, 0.1) is 0 Å². The second-order valence-corrected chi connectivity index (χ2v) is 7.33. The molecule has 0 aromatic carbocycles. The molecular weight excluding hydrogens is 342 g/mol. The Balaban J connectivity index is 1.98. The van der Waals surface area contributed by atoms with Crippen LogP contribution in [-0.2, 0) is 9.59 Å². The number of nitrogens with zero attached hydrogens (tertiary/aromatic N) is 3. The predicted octanol–water partition coefficient (Wildman–Crippen LogP) is 3.35. The summed E-state index contributed by atoms with van der Waals surface area (Å²) in [6, 6.07) is 10.7. The Kier molecular flexibility index (Phi) is 5.01. The molecule has 5 nitrogen and oxygen atoms in total. The van der Waals surface area contributed by atoms with Gasteiger partial charge in [-0.3, -0.25) is 14.5 Å². The third kappa shape index (κ3) is 3.37. The van der Waals surface area contributed by atoms with Crippen LogP contribution in [0.5, 0.6) is 0 Å². The van der Waals surface area contributed by atoms with Gasteiger partial charge in [-0.2, -0.15) is 0 Å². The number of aromatic nitrogens is 2. The van der Waals surface area contributed by atoms with Gasteiger partial charge in [0.15, 0.2) is 0 Å². The first-order chi connectivity index (χ1) is 11.6. The Hall–Kier alpha value is -2.12. The molecule has 0 aliphatic carbocycles. The molecule has 1 aliphatic heterocycles. The third-order valence-electron chi connectivity index (χ3n) is 3.24. The zero-order valence-corrected chi connectivity index (χ0v) is 14.8. The first kappa shape index (κ1) is 16.7. The van der Waals surface area contributed by atoms with Gasteiger partial charge in [0, 0.05) is 18.4 Å². The summed E-state index contributed by atoms with van der Waals surface area (Å²) >= 11 is 2.44. The Labute approximate surface area is 148 Å². The van der Waals surface area contributed by atoms with E-state index in [1.54, 1.807) is 12.4 Å². The van der Waals surface area contributed by atoms with Gasteiger partial charge in [0.2, 0.25) is 0 Å². The van der Waals surface area contributed by atoms with E-state index in [0.29, 0.717) is 19.9 Å². The van der Waals surface area contributed by atoms with Gasteiger partial charge < -0.3 is 0 Å². The summed E-state index contributed by atoms with van der Waals surface area (Å²) in [5, 5.41) is 1.36. The molecule has 3 rings (SSSR count). The van der Waals surface area contributed by atoms with Crippen molar-refractivity contribution in [3.05, 3.63) is 58.6 Å². The highest BCUT2D eigenvalue weighted by molar-refractivity contribution is 8.08. The lowest BCUT2D eigenvalue weighted by Crippen LogP contribution is -2.37. The van der Waals surface area contributed by atoms with Crippen molar-refractivity contribution in [2.75, 3.05) is 0 Å². The van der Waals surface area contributed by atoms with Crippen LogP contribution in [0.25, 0.3) is 0 Å². The van der Waals surface area contributed by atoms with Crippen LogP contribution < -0.4 is 0 Å². The number of pyridine rings is 2. The Morgan fingerprint density at radius 2 is 1.29 bits per heavy atom. The normalized spacial score (nSPS) is 14.9. The highest BCUT2D eigenvalue weighted by Gasteiger charge is 2.41. The average molecular weight is 357 g/mol. The fourth-order valence-electron chi connectivity index (χ4n) is 2.18. The number of carbonyl (C=O) groups is 2. The Morgan fingerprint density at radius 1 is 0.833 bits per heavy atom. The van der Waals surface area contributed by atoms with Crippen molar-refractivity contribution < 1.29 is 9.59 Å². The number of amides is 2. The second-order valence-electron chi connectivity index (χ2n) is 5.27. The lowest BCUT2D eigenvalue weighted by molar-refractivity contribution is -0.138. The molecule has 0 N–H and O–H groups in total. The first-order valence-electron chi connectivity index (χ1n) is 7.38. The van der Waals surface area contributed by atoms with E-state index in [1.165, 1.54) is 28.4 Å². The molecule has 7 heteroatoms. The van der Waals surface area contributed by atoms with Crippen molar-refractivity contribution in [3.63, 3.8) is 0 Å². The van der Waals surface area contributed by atoms with Crippen LogP contribution in [0.1, 0.15) is 13.8 Å². The van der Waals surface area contributed by atoms with Crippen LogP contribution in [0.2, 0.25) is 0 Å². The van der Waals surface area contributed by atoms with E-state index in [1.807, 2.05) is 50.2 Å². The van der Waals surface area contributed by atoms with Crippen LogP contribution in [-0.4, -0.2) is 32.7 Å². The summed E-state index contributed by atoms with van der Waals surface area (Å²) < 4.78 is 0. The zero-order chi connectivity index (χ0) is 17.1. The molecule has 3 heterocycles. The van der Waals surface area contributed by atoms with E-state index in [-0.39, 0.29) is 17.9 Å². The molecule has 0 radical (unpaired) electrons. The fraction of sp³-hybridized carbons (Fsp3) is 0.176. The van der Waals surface area contributed by atoms with Crippen LogP contribution >= 0.6 is 23.5 Å². The Bertz CT molecular complexity index is 728. The number of imide groups is 1. The highest BCUT2D eigenvalue weighted by Crippen LogP contribution is 2.41. The molecule has 1 aliphatic rings. The van der Waals surface area contributed by atoms with Crippen molar-refractivity contribution in [2.24, 2.45) is 0 Å². The van der Waals surface area contributed by atoms with Crippen molar-refractivity contribution in [1.29, 1.82) is 0 Å². The summed E-state index contributed by atoms with van der Waals surface area (Å²) in [6.07, 6.45) is 3.33. The fourth-order valence-corrected chi connectivity index (χ4v) is 4.10.